The molecular formula is C38H58N6O6. The van der Waals surface area contributed by atoms with Crippen LogP contribution in [0.25, 0.3) is 0 Å². The fraction of sp³-hybridized carbons (Fsp3) is 0.579. The van der Waals surface area contributed by atoms with E-state index in [2.05, 4.69) is 21.3 Å². The van der Waals surface area contributed by atoms with Gasteiger partial charge in [-0.05, 0) is 88.2 Å². The van der Waals surface area contributed by atoms with E-state index in [1.54, 1.807) is 6.92 Å². The van der Waals surface area contributed by atoms with Crippen LogP contribution >= 0.6 is 0 Å². The van der Waals surface area contributed by atoms with E-state index in [4.69, 9.17) is 20.9 Å². The smallest absolute Gasteiger partial charge is 0.407 e. The van der Waals surface area contributed by atoms with Crippen LogP contribution in [0.3, 0.4) is 0 Å². The number of amides is 4. The Balaban J connectivity index is 0.000000212. The Morgan fingerprint density at radius 1 is 0.540 bits per heavy atom. The zero-order valence-corrected chi connectivity index (χ0v) is 29.7. The zero-order valence-electron chi connectivity index (χ0n) is 29.7. The molecule has 0 spiro atoms. The van der Waals surface area contributed by atoms with Gasteiger partial charge in [0.1, 0.15) is 13.2 Å². The summed E-state index contributed by atoms with van der Waals surface area (Å²) in [6.45, 7) is 3.66. The fourth-order valence-electron chi connectivity index (χ4n) is 6.61. The molecule has 8 N–H and O–H groups in total. The fourth-order valence-corrected chi connectivity index (χ4v) is 6.61. The predicted molar refractivity (Wildman–Crippen MR) is 194 cm³/mol. The quantitative estimate of drug-likeness (QED) is 0.224. The highest BCUT2D eigenvalue weighted by atomic mass is 16.6. The molecular weight excluding hydrogens is 636 g/mol. The molecule has 0 heterocycles. The number of hydrogen-bond donors (Lipinski definition) is 6. The second-order valence-electron chi connectivity index (χ2n) is 13.6. The third-order valence-corrected chi connectivity index (χ3v) is 8.99. The number of nitrogens with two attached hydrogens (primary N) is 2. The number of hydrogen-bond acceptors (Lipinski definition) is 8. The molecule has 0 saturated heterocycles. The highest BCUT2D eigenvalue weighted by molar-refractivity contribution is 5.73. The summed E-state index contributed by atoms with van der Waals surface area (Å²) in [5.74, 6) is 0.0383. The number of nitrogens with one attached hydrogen (secondary N) is 4. The summed E-state index contributed by atoms with van der Waals surface area (Å²) in [5, 5.41) is 11.6. The molecule has 2 aromatic rings. The Hall–Kier alpha value is -4.16. The lowest BCUT2D eigenvalue weighted by molar-refractivity contribution is -0.120. The Kier molecular flexibility index (Phi) is 18.2. The van der Waals surface area contributed by atoms with Crippen molar-refractivity contribution in [1.29, 1.82) is 0 Å². The van der Waals surface area contributed by atoms with Crippen LogP contribution in [0.1, 0.15) is 102 Å². The molecule has 12 heteroatoms. The lowest BCUT2D eigenvalue weighted by atomic mass is 9.91. The number of benzene rings is 2. The molecule has 3 aliphatic rings. The maximum absolute atomic E-state index is 11.8. The summed E-state index contributed by atoms with van der Waals surface area (Å²) in [4.78, 5) is 45.2. The van der Waals surface area contributed by atoms with Crippen molar-refractivity contribution in [2.75, 3.05) is 0 Å². The van der Waals surface area contributed by atoms with Crippen LogP contribution < -0.4 is 32.7 Å². The third-order valence-electron chi connectivity index (χ3n) is 8.99. The van der Waals surface area contributed by atoms with Crippen molar-refractivity contribution in [3.63, 3.8) is 0 Å². The molecule has 3 fully saturated rings. The monoisotopic (exact) mass is 694 g/mol. The van der Waals surface area contributed by atoms with Gasteiger partial charge in [0.05, 0.1) is 0 Å². The van der Waals surface area contributed by atoms with Crippen LogP contribution in [0.2, 0.25) is 0 Å². The zero-order chi connectivity index (χ0) is 36.1. The Labute approximate surface area is 297 Å². The minimum atomic E-state index is -0.396. The molecule has 5 rings (SSSR count). The van der Waals surface area contributed by atoms with E-state index in [-0.39, 0.29) is 48.7 Å². The van der Waals surface area contributed by atoms with E-state index in [9.17, 15) is 19.2 Å². The molecule has 0 aliphatic heterocycles. The number of ether oxygens (including phenoxy) is 2. The summed E-state index contributed by atoms with van der Waals surface area (Å²) in [5.41, 5.74) is 13.6. The van der Waals surface area contributed by atoms with Crippen LogP contribution in [-0.4, -0.2) is 60.3 Å². The van der Waals surface area contributed by atoms with Crippen molar-refractivity contribution < 1.29 is 28.7 Å². The normalized spacial score (nSPS) is 24.3. The van der Waals surface area contributed by atoms with Gasteiger partial charge in [-0.15, -0.1) is 0 Å². The predicted octanol–water partition coefficient (Wildman–Crippen LogP) is 4.94. The van der Waals surface area contributed by atoms with Gasteiger partial charge in [0, 0.05) is 50.1 Å². The molecule has 12 nitrogen and oxygen atoms in total. The van der Waals surface area contributed by atoms with E-state index >= 15 is 0 Å². The van der Waals surface area contributed by atoms with Crippen molar-refractivity contribution in [3.05, 3.63) is 71.8 Å². The summed E-state index contributed by atoms with van der Waals surface area (Å²) < 4.78 is 10.4. The first-order chi connectivity index (χ1) is 24.0. The highest BCUT2D eigenvalue weighted by Gasteiger charge is 2.24. The lowest BCUT2D eigenvalue weighted by Crippen LogP contribution is -2.45. The van der Waals surface area contributed by atoms with E-state index in [1.165, 1.54) is 6.92 Å². The van der Waals surface area contributed by atoms with Crippen molar-refractivity contribution in [1.82, 2.24) is 21.3 Å². The van der Waals surface area contributed by atoms with E-state index in [1.807, 2.05) is 60.7 Å². The molecule has 0 radical (unpaired) electrons. The molecule has 4 amide bonds. The van der Waals surface area contributed by atoms with Gasteiger partial charge in [-0.25, -0.2) is 9.59 Å². The van der Waals surface area contributed by atoms with Crippen molar-refractivity contribution in [2.45, 2.75) is 140 Å². The van der Waals surface area contributed by atoms with Gasteiger partial charge >= 0.3 is 12.2 Å². The molecule has 3 aliphatic carbocycles. The Morgan fingerprint density at radius 2 is 0.880 bits per heavy atom. The molecule has 0 bridgehead atoms. The molecule has 2 aromatic carbocycles. The van der Waals surface area contributed by atoms with E-state index < -0.39 is 6.09 Å². The van der Waals surface area contributed by atoms with E-state index in [0.717, 1.165) is 88.2 Å². The minimum absolute atomic E-state index is 0.0210. The molecule has 6 atom stereocenters. The first kappa shape index (κ1) is 40.3. The first-order valence-electron chi connectivity index (χ1n) is 18.1. The summed E-state index contributed by atoms with van der Waals surface area (Å²) in [6.07, 6.45) is 11.2. The van der Waals surface area contributed by atoms with Gasteiger partial charge in [-0.2, -0.15) is 0 Å². The van der Waals surface area contributed by atoms with Crippen LogP contribution in [-0.2, 0) is 32.3 Å². The SMILES string of the molecule is CC(=O)N[C@@H]1CCC[C@H](N)C1.CC(=O)N[C@@H]1CCC[C@H](NC(=O)OCc2ccccc2)C1.N[C@@H]1CCC[C@H](NC(=O)OCc2ccccc2)C1. The van der Waals surface area contributed by atoms with Crippen molar-refractivity contribution in [2.24, 2.45) is 11.5 Å². The van der Waals surface area contributed by atoms with Crippen LogP contribution in [0.5, 0.6) is 0 Å². The first-order valence-corrected chi connectivity index (χ1v) is 18.1. The molecule has 276 valence electrons. The largest absolute Gasteiger partial charge is 0.445 e. The maximum atomic E-state index is 11.8. The van der Waals surface area contributed by atoms with Crippen molar-refractivity contribution in [3.8, 4) is 0 Å². The second kappa shape index (κ2) is 22.5. The molecule has 0 aromatic heterocycles. The van der Waals surface area contributed by atoms with E-state index in [0.29, 0.717) is 18.7 Å². The highest BCUT2D eigenvalue weighted by Crippen LogP contribution is 2.19. The Bertz CT molecular complexity index is 1300. The standard InChI is InChI=1S/C16H22N2O3.C14H20N2O2.C8H16N2O/c1-12(19)17-14-8-5-9-15(10-14)18-16(20)21-11-13-6-3-2-4-7-13;15-12-7-4-8-13(9-12)16-14(17)18-10-11-5-2-1-3-6-11;1-6(11)10-8-4-2-3-7(9)5-8/h2-4,6-7,14-15H,5,8-11H2,1H3,(H,17,19)(H,18,20);1-3,5-6,12-13H,4,7-10,15H2,(H,16,17);7-8H,2-5,9H2,1H3,(H,10,11)/t14-,15+;12-,13+;7-,8+/m110/s1. The third kappa shape index (κ3) is 17.5. The van der Waals surface area contributed by atoms with Gasteiger partial charge in [0.2, 0.25) is 11.8 Å². The number of carbonyl (C=O) groups excluding carboxylic acids is 4. The Morgan fingerprint density at radius 3 is 1.26 bits per heavy atom. The number of carbonyl (C=O) groups is 4. The van der Waals surface area contributed by atoms with Crippen LogP contribution in [0.4, 0.5) is 9.59 Å². The van der Waals surface area contributed by atoms with Gasteiger partial charge in [-0.3, -0.25) is 9.59 Å². The molecule has 3 saturated carbocycles. The maximum Gasteiger partial charge on any atom is 0.407 e. The number of alkyl carbamates (subject to hydrolysis) is 2. The number of rotatable bonds is 8. The van der Waals surface area contributed by atoms with Crippen LogP contribution in [0.15, 0.2) is 60.7 Å². The van der Waals surface area contributed by atoms with Gasteiger partial charge in [-0.1, -0.05) is 60.7 Å². The summed E-state index contributed by atoms with van der Waals surface area (Å²) in [6, 6.07) is 20.5. The molecule has 0 unspecified atom stereocenters. The van der Waals surface area contributed by atoms with Gasteiger partial charge < -0.3 is 42.2 Å². The summed E-state index contributed by atoms with van der Waals surface area (Å²) in [7, 11) is 0. The minimum Gasteiger partial charge on any atom is -0.445 e. The average molecular weight is 695 g/mol. The molecule has 50 heavy (non-hydrogen) atoms. The second-order valence-corrected chi connectivity index (χ2v) is 13.6. The van der Waals surface area contributed by atoms with Gasteiger partial charge in [0.15, 0.2) is 0 Å². The van der Waals surface area contributed by atoms with Gasteiger partial charge in [0.25, 0.3) is 0 Å². The summed E-state index contributed by atoms with van der Waals surface area (Å²) >= 11 is 0. The van der Waals surface area contributed by atoms with Crippen LogP contribution in [0, 0.1) is 0 Å². The van der Waals surface area contributed by atoms with Crippen molar-refractivity contribution >= 4 is 24.0 Å². The topological polar surface area (TPSA) is 187 Å². The average Bonchev–Trinajstić information content (AvgIpc) is 3.08. The lowest BCUT2D eigenvalue weighted by Gasteiger charge is -2.29.